The van der Waals surface area contributed by atoms with Gasteiger partial charge in [-0.2, -0.15) is 5.01 Å². The van der Waals surface area contributed by atoms with Gasteiger partial charge in [0.25, 0.3) is 23.6 Å². The Morgan fingerprint density at radius 2 is 1.66 bits per heavy atom. The minimum absolute atomic E-state index is 0.217. The first-order valence-electron chi connectivity index (χ1n) is 10.7. The minimum atomic E-state index is -0.945. The lowest BCUT2D eigenvalue weighted by Crippen LogP contribution is -2.55. The van der Waals surface area contributed by atoms with Crippen molar-refractivity contribution in [2.45, 2.75) is 31.2 Å². The Morgan fingerprint density at radius 1 is 1.00 bits per heavy atom. The first-order chi connectivity index (χ1) is 15.4. The van der Waals surface area contributed by atoms with Crippen LogP contribution >= 0.6 is 0 Å². The van der Waals surface area contributed by atoms with E-state index >= 15 is 0 Å². The van der Waals surface area contributed by atoms with Crippen molar-refractivity contribution in [3.8, 4) is 0 Å². The highest BCUT2D eigenvalue weighted by Crippen LogP contribution is 2.35. The Labute approximate surface area is 184 Å². The largest absolute Gasteiger partial charge is 0.338 e. The highest BCUT2D eigenvalue weighted by molar-refractivity contribution is 6.07. The van der Waals surface area contributed by atoms with Crippen molar-refractivity contribution < 1.29 is 24.0 Å². The number of nitrogens with zero attached hydrogens (tertiary/aromatic N) is 2. The molecule has 32 heavy (non-hydrogen) atoms. The minimum Gasteiger partial charge on any atom is -0.338 e. The smallest absolute Gasteiger partial charge is 0.322 e. The molecule has 3 N–H and O–H groups in total. The predicted molar refractivity (Wildman–Crippen MR) is 112 cm³/mol. The van der Waals surface area contributed by atoms with Gasteiger partial charge in [-0.05, 0) is 43.9 Å². The van der Waals surface area contributed by atoms with Gasteiger partial charge in [-0.15, -0.1) is 0 Å². The zero-order chi connectivity index (χ0) is 22.5. The average Bonchev–Trinajstić information content (AvgIpc) is 3.21. The number of carbonyl (C=O) groups is 5. The van der Waals surface area contributed by atoms with E-state index < -0.39 is 11.6 Å². The number of hydrazine groups is 1. The lowest BCUT2D eigenvalue weighted by molar-refractivity contribution is -0.138. The quantitative estimate of drug-likeness (QED) is 0.364. The maximum atomic E-state index is 13.0. The van der Waals surface area contributed by atoms with E-state index in [0.717, 1.165) is 5.01 Å². The van der Waals surface area contributed by atoms with Gasteiger partial charge < -0.3 is 10.2 Å². The lowest BCUT2D eigenvalue weighted by Gasteiger charge is -2.37. The fourth-order valence-corrected chi connectivity index (χ4v) is 4.92. The van der Waals surface area contributed by atoms with Gasteiger partial charge in [0.05, 0.1) is 17.5 Å². The van der Waals surface area contributed by atoms with Gasteiger partial charge in [0.15, 0.2) is 0 Å². The fraction of sp³-hybridized carbons (Fsp3) is 0.409. The van der Waals surface area contributed by atoms with E-state index in [0.29, 0.717) is 50.0 Å². The number of nitrogens with one attached hydrogen (secondary N) is 3. The molecule has 0 radical (unpaired) electrons. The standard InChI is InChI=1S/C22H23N5O5/c28-17(26-10-8-22(9-11-26)20(31)23-21(32)24-22)13-4-3-5-14(12-13)25-27-18(29)15-6-1-2-7-16(15)19(27)30/h1-5,12,15-16,25H,6-11H2,(H2,23,24,31,32). The molecule has 6 amide bonds. The van der Waals surface area contributed by atoms with E-state index in [9.17, 15) is 24.0 Å². The Morgan fingerprint density at radius 3 is 2.25 bits per heavy atom. The van der Waals surface area contributed by atoms with Crippen LogP contribution in [0, 0.1) is 11.8 Å². The first-order valence-corrected chi connectivity index (χ1v) is 10.7. The summed E-state index contributed by atoms with van der Waals surface area (Å²) >= 11 is 0. The maximum absolute atomic E-state index is 13.0. The molecule has 3 aliphatic heterocycles. The molecule has 3 heterocycles. The van der Waals surface area contributed by atoms with Crippen molar-refractivity contribution in [1.29, 1.82) is 0 Å². The van der Waals surface area contributed by atoms with Gasteiger partial charge in [-0.1, -0.05) is 18.2 Å². The summed E-state index contributed by atoms with van der Waals surface area (Å²) in [5, 5.41) is 6.00. The Balaban J connectivity index is 1.26. The van der Waals surface area contributed by atoms with Gasteiger partial charge in [0.2, 0.25) is 0 Å². The molecular formula is C22H23N5O5. The van der Waals surface area contributed by atoms with E-state index in [1.54, 1.807) is 29.2 Å². The number of hydrogen-bond donors (Lipinski definition) is 3. The molecule has 1 aromatic carbocycles. The zero-order valence-electron chi connectivity index (χ0n) is 17.3. The Bertz CT molecular complexity index is 1030. The summed E-state index contributed by atoms with van der Waals surface area (Å²) in [6, 6.07) is 6.15. The number of carbonyl (C=O) groups excluding carboxylic acids is 5. The molecule has 1 spiro atoms. The van der Waals surface area contributed by atoms with Crippen molar-refractivity contribution in [2.75, 3.05) is 18.5 Å². The summed E-state index contributed by atoms with van der Waals surface area (Å²) < 4.78 is 0. The second kappa shape index (κ2) is 7.47. The van der Waals surface area contributed by atoms with Crippen LogP contribution in [0.2, 0.25) is 0 Å². The van der Waals surface area contributed by atoms with Crippen LogP contribution in [0.15, 0.2) is 36.4 Å². The third-order valence-electron chi connectivity index (χ3n) is 6.78. The topological polar surface area (TPSA) is 128 Å². The van der Waals surface area contributed by atoms with E-state index in [1.807, 2.05) is 12.2 Å². The Kier molecular flexibility index (Phi) is 4.72. The molecule has 0 bridgehead atoms. The number of hydrogen-bond acceptors (Lipinski definition) is 6. The van der Waals surface area contributed by atoms with Crippen LogP contribution in [0.4, 0.5) is 10.5 Å². The molecule has 1 aromatic rings. The molecule has 3 fully saturated rings. The van der Waals surface area contributed by atoms with Crippen molar-refractivity contribution in [3.63, 3.8) is 0 Å². The van der Waals surface area contributed by atoms with Crippen molar-refractivity contribution in [3.05, 3.63) is 42.0 Å². The summed E-state index contributed by atoms with van der Waals surface area (Å²) in [5.41, 5.74) is 2.81. The highest BCUT2D eigenvalue weighted by atomic mass is 16.2. The number of imide groups is 2. The number of benzene rings is 1. The highest BCUT2D eigenvalue weighted by Gasteiger charge is 2.49. The van der Waals surface area contributed by atoms with Crippen LogP contribution in [-0.2, 0) is 14.4 Å². The van der Waals surface area contributed by atoms with E-state index in [1.165, 1.54) is 0 Å². The predicted octanol–water partition coefficient (Wildman–Crippen LogP) is 0.779. The van der Waals surface area contributed by atoms with Crippen molar-refractivity contribution in [1.82, 2.24) is 20.5 Å². The van der Waals surface area contributed by atoms with Crippen molar-refractivity contribution in [2.24, 2.45) is 11.8 Å². The van der Waals surface area contributed by atoms with Crippen LogP contribution in [-0.4, -0.2) is 58.2 Å². The van der Waals surface area contributed by atoms with Crippen LogP contribution < -0.4 is 16.1 Å². The number of fused-ring (bicyclic) bond motifs is 1. The van der Waals surface area contributed by atoms with Crippen LogP contribution in [0.25, 0.3) is 0 Å². The molecule has 1 aliphatic carbocycles. The molecular weight excluding hydrogens is 414 g/mol. The summed E-state index contributed by atoms with van der Waals surface area (Å²) in [5.74, 6) is -1.74. The summed E-state index contributed by atoms with van der Waals surface area (Å²) in [4.78, 5) is 63.6. The Hall–Kier alpha value is -3.69. The van der Waals surface area contributed by atoms with E-state index in [2.05, 4.69) is 16.1 Å². The molecule has 4 aliphatic rings. The number of allylic oxidation sites excluding steroid dienone is 2. The van der Waals surface area contributed by atoms with Crippen LogP contribution in [0.1, 0.15) is 36.0 Å². The lowest BCUT2D eigenvalue weighted by atomic mass is 9.85. The number of piperidine rings is 1. The molecule has 0 saturated carbocycles. The molecule has 2 atom stereocenters. The maximum Gasteiger partial charge on any atom is 0.322 e. The number of likely N-dealkylation sites (tertiary alicyclic amines) is 1. The fourth-order valence-electron chi connectivity index (χ4n) is 4.92. The van der Waals surface area contributed by atoms with E-state index in [4.69, 9.17) is 0 Å². The molecule has 10 heteroatoms. The van der Waals surface area contributed by atoms with Crippen LogP contribution in [0.5, 0.6) is 0 Å². The van der Waals surface area contributed by atoms with Crippen LogP contribution in [0.3, 0.4) is 0 Å². The summed E-state index contributed by atoms with van der Waals surface area (Å²) in [6.45, 7) is 0.646. The molecule has 5 rings (SSSR count). The normalized spacial score (nSPS) is 26.2. The number of urea groups is 1. The number of anilines is 1. The summed E-state index contributed by atoms with van der Waals surface area (Å²) in [7, 11) is 0. The SMILES string of the molecule is O=C1NC(=O)C2(CCN(C(=O)c3cccc(NN4C(=O)C5CC=CCC5C4=O)c3)CC2)N1. The third-order valence-corrected chi connectivity index (χ3v) is 6.78. The molecule has 3 saturated heterocycles. The first kappa shape index (κ1) is 20.2. The molecule has 10 nitrogen and oxygen atoms in total. The second-order valence-corrected chi connectivity index (χ2v) is 8.64. The zero-order valence-corrected chi connectivity index (χ0v) is 17.3. The molecule has 166 valence electrons. The monoisotopic (exact) mass is 437 g/mol. The van der Waals surface area contributed by atoms with E-state index in [-0.39, 0.29) is 35.5 Å². The summed E-state index contributed by atoms with van der Waals surface area (Å²) in [6.07, 6.45) is 5.64. The average molecular weight is 437 g/mol. The second-order valence-electron chi connectivity index (χ2n) is 8.64. The van der Waals surface area contributed by atoms with Gasteiger partial charge >= 0.3 is 6.03 Å². The van der Waals surface area contributed by atoms with Gasteiger partial charge in [-0.25, -0.2) is 4.79 Å². The van der Waals surface area contributed by atoms with Gasteiger partial charge in [0.1, 0.15) is 5.54 Å². The number of rotatable bonds is 3. The third kappa shape index (κ3) is 3.22. The molecule has 2 unspecified atom stereocenters. The van der Waals surface area contributed by atoms with Gasteiger partial charge in [-0.3, -0.25) is 29.9 Å². The van der Waals surface area contributed by atoms with Gasteiger partial charge in [0, 0.05) is 18.7 Å². The molecule has 0 aromatic heterocycles. The van der Waals surface area contributed by atoms with Crippen molar-refractivity contribution >= 4 is 35.3 Å². The number of amides is 6.